The Bertz CT molecular complexity index is 474. The molecule has 2 aromatic rings. The molecule has 74 valence electrons. The van der Waals surface area contributed by atoms with Crippen molar-refractivity contribution < 1.29 is 13.2 Å². The molecular weight excluding hydrogens is 199 g/mol. The molecule has 0 bridgehead atoms. The molecule has 8 heteroatoms. The second-order valence-corrected chi connectivity index (χ2v) is 2.67. The summed E-state index contributed by atoms with van der Waals surface area (Å²) in [6.07, 6.45) is -4.48. The van der Waals surface area contributed by atoms with Crippen LogP contribution in [0.3, 0.4) is 0 Å². The highest BCUT2D eigenvalue weighted by atomic mass is 19.4. The maximum Gasteiger partial charge on any atom is 0.433 e. The molecule has 0 aliphatic heterocycles. The Morgan fingerprint density at radius 3 is 2.71 bits per heavy atom. The predicted octanol–water partition coefficient (Wildman–Crippen LogP) is 0.847. The standard InChI is InChI=1S/C6H4F3N5/c1-3-2-4(6(7,8)9)14-5(10-3)11-12-13-14/h2H,1H3. The molecular formula is C6H4F3N5. The first-order valence-corrected chi connectivity index (χ1v) is 3.61. The van der Waals surface area contributed by atoms with Gasteiger partial charge in [-0.15, -0.1) is 0 Å². The molecule has 0 unspecified atom stereocenters. The molecule has 5 nitrogen and oxygen atoms in total. The summed E-state index contributed by atoms with van der Waals surface area (Å²) in [5.74, 6) is -0.155. The molecule has 2 heterocycles. The minimum absolute atomic E-state index is 0.155. The number of hydrogen-bond acceptors (Lipinski definition) is 4. The molecule has 0 N–H and O–H groups in total. The van der Waals surface area contributed by atoms with Crippen molar-refractivity contribution >= 4 is 5.78 Å². The molecule has 0 atom stereocenters. The molecule has 2 rings (SSSR count). The molecule has 14 heavy (non-hydrogen) atoms. The fraction of sp³-hybridized carbons (Fsp3) is 0.333. The molecule has 0 fully saturated rings. The van der Waals surface area contributed by atoms with Gasteiger partial charge in [-0.05, 0) is 23.4 Å². The van der Waals surface area contributed by atoms with Crippen LogP contribution in [0.1, 0.15) is 11.4 Å². The number of hydrogen-bond donors (Lipinski definition) is 0. The zero-order valence-corrected chi connectivity index (χ0v) is 6.95. The van der Waals surface area contributed by atoms with Gasteiger partial charge >= 0.3 is 6.18 Å². The van der Waals surface area contributed by atoms with E-state index in [2.05, 4.69) is 20.5 Å². The third-order valence-corrected chi connectivity index (χ3v) is 1.59. The van der Waals surface area contributed by atoms with Gasteiger partial charge in [0.2, 0.25) is 0 Å². The van der Waals surface area contributed by atoms with Crippen molar-refractivity contribution in [2.24, 2.45) is 0 Å². The number of aryl methyl sites for hydroxylation is 1. The van der Waals surface area contributed by atoms with E-state index in [1.807, 2.05) is 0 Å². The topological polar surface area (TPSA) is 56.0 Å². The number of alkyl halides is 3. The molecule has 0 aliphatic rings. The third kappa shape index (κ3) is 1.28. The Morgan fingerprint density at radius 2 is 2.07 bits per heavy atom. The molecule has 2 aromatic heterocycles. The summed E-state index contributed by atoms with van der Waals surface area (Å²) in [6, 6.07) is 0.892. The molecule has 0 aromatic carbocycles. The van der Waals surface area contributed by atoms with Crippen molar-refractivity contribution in [3.8, 4) is 0 Å². The molecule has 0 amide bonds. The van der Waals surface area contributed by atoms with E-state index in [0.29, 0.717) is 4.52 Å². The fourth-order valence-corrected chi connectivity index (χ4v) is 1.06. The van der Waals surface area contributed by atoms with E-state index in [0.717, 1.165) is 6.07 Å². The molecule has 0 aliphatic carbocycles. The highest BCUT2D eigenvalue weighted by molar-refractivity contribution is 5.29. The lowest BCUT2D eigenvalue weighted by Crippen LogP contribution is -2.13. The number of tetrazole rings is 1. The van der Waals surface area contributed by atoms with Crippen LogP contribution >= 0.6 is 0 Å². The van der Waals surface area contributed by atoms with Gasteiger partial charge in [-0.2, -0.15) is 17.7 Å². The van der Waals surface area contributed by atoms with E-state index in [-0.39, 0.29) is 11.5 Å². The van der Waals surface area contributed by atoms with Gasteiger partial charge in [0, 0.05) is 5.69 Å². The summed E-state index contributed by atoms with van der Waals surface area (Å²) >= 11 is 0. The van der Waals surface area contributed by atoms with Gasteiger partial charge in [-0.1, -0.05) is 5.10 Å². The van der Waals surface area contributed by atoms with Crippen LogP contribution in [0.15, 0.2) is 6.07 Å². The maximum atomic E-state index is 12.4. The number of rotatable bonds is 0. The monoisotopic (exact) mass is 203 g/mol. The average molecular weight is 203 g/mol. The summed E-state index contributed by atoms with van der Waals surface area (Å²) in [4.78, 5) is 3.74. The van der Waals surface area contributed by atoms with Gasteiger partial charge < -0.3 is 0 Å². The highest BCUT2D eigenvalue weighted by Gasteiger charge is 2.35. The van der Waals surface area contributed by atoms with Crippen LogP contribution in [0.2, 0.25) is 0 Å². The predicted molar refractivity (Wildman–Crippen MR) is 38.3 cm³/mol. The molecule has 0 radical (unpaired) electrons. The van der Waals surface area contributed by atoms with Crippen LogP contribution in [0.4, 0.5) is 13.2 Å². The van der Waals surface area contributed by atoms with Gasteiger partial charge in [-0.25, -0.2) is 4.98 Å². The second kappa shape index (κ2) is 2.63. The number of fused-ring (bicyclic) bond motifs is 1. The Labute approximate surface area is 75.6 Å². The van der Waals surface area contributed by atoms with E-state index in [1.165, 1.54) is 6.92 Å². The van der Waals surface area contributed by atoms with Crippen molar-refractivity contribution in [1.82, 2.24) is 25.0 Å². The summed E-state index contributed by atoms with van der Waals surface area (Å²) in [6.45, 7) is 1.45. The molecule has 0 saturated carbocycles. The van der Waals surface area contributed by atoms with Crippen LogP contribution in [-0.2, 0) is 6.18 Å². The highest BCUT2D eigenvalue weighted by Crippen LogP contribution is 2.28. The van der Waals surface area contributed by atoms with Gasteiger partial charge in [0.25, 0.3) is 5.78 Å². The zero-order chi connectivity index (χ0) is 10.3. The quantitative estimate of drug-likeness (QED) is 0.636. The lowest BCUT2D eigenvalue weighted by molar-refractivity contribution is -0.142. The minimum Gasteiger partial charge on any atom is -0.215 e. The Balaban J connectivity index is 2.80. The summed E-state index contributed by atoms with van der Waals surface area (Å²) in [5, 5.41) is 9.66. The van der Waals surface area contributed by atoms with Crippen molar-refractivity contribution in [2.45, 2.75) is 13.1 Å². The first kappa shape index (κ1) is 8.85. The van der Waals surface area contributed by atoms with E-state index >= 15 is 0 Å². The Kier molecular flexibility index (Phi) is 1.66. The van der Waals surface area contributed by atoms with Crippen molar-refractivity contribution in [2.75, 3.05) is 0 Å². The molecule has 0 spiro atoms. The number of halogens is 3. The normalized spacial score (nSPS) is 12.3. The van der Waals surface area contributed by atoms with Crippen LogP contribution in [-0.4, -0.2) is 25.0 Å². The Hall–Kier alpha value is -1.73. The second-order valence-electron chi connectivity index (χ2n) is 2.67. The lowest BCUT2D eigenvalue weighted by atomic mass is 10.3. The van der Waals surface area contributed by atoms with E-state index in [4.69, 9.17) is 0 Å². The zero-order valence-electron chi connectivity index (χ0n) is 6.95. The first-order valence-electron chi connectivity index (χ1n) is 3.61. The van der Waals surface area contributed by atoms with Gasteiger partial charge in [0.1, 0.15) is 0 Å². The minimum atomic E-state index is -4.48. The largest absolute Gasteiger partial charge is 0.433 e. The SMILES string of the molecule is Cc1cc(C(F)(F)F)n2nnnc2n1. The van der Waals surface area contributed by atoms with Crippen LogP contribution < -0.4 is 0 Å². The number of aromatic nitrogens is 5. The van der Waals surface area contributed by atoms with E-state index in [9.17, 15) is 13.2 Å². The third-order valence-electron chi connectivity index (χ3n) is 1.59. The maximum absolute atomic E-state index is 12.4. The summed E-state index contributed by atoms with van der Waals surface area (Å²) in [5.41, 5.74) is -0.704. The van der Waals surface area contributed by atoms with Crippen molar-refractivity contribution in [1.29, 1.82) is 0 Å². The summed E-state index contributed by atoms with van der Waals surface area (Å²) < 4.78 is 37.9. The van der Waals surface area contributed by atoms with Crippen molar-refractivity contribution in [3.05, 3.63) is 17.5 Å². The van der Waals surface area contributed by atoms with Gasteiger partial charge in [-0.3, -0.25) is 0 Å². The number of nitrogens with zero attached hydrogens (tertiary/aromatic N) is 5. The van der Waals surface area contributed by atoms with E-state index < -0.39 is 11.9 Å². The van der Waals surface area contributed by atoms with Crippen LogP contribution in [0.5, 0.6) is 0 Å². The van der Waals surface area contributed by atoms with Crippen LogP contribution in [0.25, 0.3) is 5.78 Å². The van der Waals surface area contributed by atoms with Gasteiger partial charge in [0.15, 0.2) is 5.69 Å². The van der Waals surface area contributed by atoms with Crippen LogP contribution in [0, 0.1) is 6.92 Å². The smallest absolute Gasteiger partial charge is 0.215 e. The lowest BCUT2D eigenvalue weighted by Gasteiger charge is -2.07. The van der Waals surface area contributed by atoms with Gasteiger partial charge in [0.05, 0.1) is 0 Å². The molecule has 0 saturated heterocycles. The average Bonchev–Trinajstić information content (AvgIpc) is 2.47. The van der Waals surface area contributed by atoms with Crippen molar-refractivity contribution in [3.63, 3.8) is 0 Å². The Morgan fingerprint density at radius 1 is 1.36 bits per heavy atom. The summed E-state index contributed by atoms with van der Waals surface area (Å²) in [7, 11) is 0. The first-order chi connectivity index (χ1) is 6.48. The fourth-order valence-electron chi connectivity index (χ4n) is 1.06. The van der Waals surface area contributed by atoms with E-state index in [1.54, 1.807) is 0 Å².